The van der Waals surface area contributed by atoms with Crippen LogP contribution in [0.5, 0.6) is 0 Å². The van der Waals surface area contributed by atoms with Crippen molar-refractivity contribution >= 4 is 6.16 Å². The van der Waals surface area contributed by atoms with Crippen LogP contribution in [0.25, 0.3) is 0 Å². The molecule has 0 unspecified atom stereocenters. The Morgan fingerprint density at radius 1 is 1.33 bits per heavy atom. The van der Waals surface area contributed by atoms with Gasteiger partial charge in [-0.3, -0.25) is 0 Å². The molecule has 0 aliphatic rings. The first-order valence-corrected chi connectivity index (χ1v) is 0.651. The maximum Gasteiger partial charge on any atom is 0.503 e. The van der Waals surface area contributed by atoms with Gasteiger partial charge in [0, 0.05) is 89.3 Å². The van der Waals surface area contributed by atoms with E-state index in [0.29, 0.717) is 0 Å². The molecule has 0 aromatic carbocycles. The van der Waals surface area contributed by atoms with Gasteiger partial charge in [0.1, 0.15) is 0 Å². The van der Waals surface area contributed by atoms with E-state index in [1.54, 1.807) is 0 Å². The number of carboxylic acid groups (broad SMARTS) is 2. The van der Waals surface area contributed by atoms with Gasteiger partial charge in [-0.1, -0.05) is 0 Å². The molecule has 5 heteroatoms. The molecular weight excluding hydrogens is 369 g/mol. The Hall–Kier alpha value is 2.18. The van der Waals surface area contributed by atoms with E-state index in [2.05, 4.69) is 0 Å². The van der Waals surface area contributed by atoms with Crippen molar-refractivity contribution in [3.63, 3.8) is 0 Å². The normalized spacial score (nSPS) is 4.00. The number of hydrogen-bond acceptors (Lipinski definition) is 1. The molecule has 0 amide bonds. The van der Waals surface area contributed by atoms with E-state index < -0.39 is 6.16 Å². The Morgan fingerprint density at radius 2 is 1.33 bits per heavy atom. The van der Waals surface area contributed by atoms with E-state index in [1.807, 2.05) is 0 Å². The molecule has 0 aromatic rings. The van der Waals surface area contributed by atoms with E-state index in [9.17, 15) is 0 Å². The maximum atomic E-state index is 8.56. The van der Waals surface area contributed by atoms with Crippen LogP contribution in [0.4, 0.5) is 4.79 Å². The quantitative estimate of drug-likeness (QED) is 0.641. The van der Waals surface area contributed by atoms with E-state index in [1.165, 1.54) is 0 Å². The van der Waals surface area contributed by atoms with Gasteiger partial charge >= 0.3 is 6.16 Å². The minimum absolute atomic E-state index is 0. The third-order valence-electron chi connectivity index (χ3n) is 0. The SMILES string of the molecule is O=C(O)O.[Eu].[Gd]. The minimum atomic E-state index is -1.83. The molecule has 0 saturated heterocycles. The zero-order valence-corrected chi connectivity index (χ0v) is 7.23. The van der Waals surface area contributed by atoms with Crippen molar-refractivity contribution in [1.29, 1.82) is 0 Å². The first kappa shape index (κ1) is 15.7. The number of rotatable bonds is 0. The summed E-state index contributed by atoms with van der Waals surface area (Å²) in [6.07, 6.45) is -1.83. The van der Waals surface area contributed by atoms with Crippen molar-refractivity contribution in [3.8, 4) is 0 Å². The van der Waals surface area contributed by atoms with Crippen molar-refractivity contribution < 1.29 is 104 Å². The molecule has 0 spiro atoms. The molecule has 2 N–H and O–H groups in total. The Balaban J connectivity index is -0.0000000450. The van der Waals surface area contributed by atoms with Gasteiger partial charge in [0.15, 0.2) is 0 Å². The summed E-state index contributed by atoms with van der Waals surface area (Å²) in [7, 11) is 0. The fourth-order valence-electron chi connectivity index (χ4n) is 0. The maximum absolute atomic E-state index is 8.56. The van der Waals surface area contributed by atoms with Gasteiger partial charge in [-0.25, -0.2) is 4.79 Å². The molecule has 0 fully saturated rings. The van der Waals surface area contributed by atoms with Crippen molar-refractivity contribution in [2.75, 3.05) is 0 Å². The van der Waals surface area contributed by atoms with E-state index >= 15 is 0 Å². The van der Waals surface area contributed by atoms with Crippen LogP contribution >= 0.6 is 0 Å². The van der Waals surface area contributed by atoms with Crippen LogP contribution in [0.2, 0.25) is 0 Å². The molecule has 39 valence electrons. The zero-order chi connectivity index (χ0) is 3.58. The van der Waals surface area contributed by atoms with Crippen molar-refractivity contribution in [1.82, 2.24) is 0 Å². The third kappa shape index (κ3) is 34.9. The Labute approximate surface area is 108 Å². The van der Waals surface area contributed by atoms with Crippen LogP contribution in [0, 0.1) is 89.3 Å². The predicted molar refractivity (Wildman–Crippen MR) is 10.7 cm³/mol. The molecule has 0 rings (SSSR count). The second-order valence-corrected chi connectivity index (χ2v) is 0.283. The summed E-state index contributed by atoms with van der Waals surface area (Å²) < 4.78 is 0. The van der Waals surface area contributed by atoms with Crippen molar-refractivity contribution in [3.05, 3.63) is 0 Å². The van der Waals surface area contributed by atoms with Crippen LogP contribution < -0.4 is 0 Å². The monoisotopic (exact) mass is 373 g/mol. The summed E-state index contributed by atoms with van der Waals surface area (Å²) in [5.74, 6) is 0. The number of hydrogen-bond donors (Lipinski definition) is 2. The predicted octanol–water partition coefficient (Wildman–Crippen LogP) is 0.222. The molecule has 0 aliphatic heterocycles. The molecule has 0 atom stereocenters. The summed E-state index contributed by atoms with van der Waals surface area (Å²) in [6, 6.07) is 0. The first-order valence-electron chi connectivity index (χ1n) is 0.651. The van der Waals surface area contributed by atoms with Crippen LogP contribution in [-0.4, -0.2) is 16.4 Å². The second-order valence-electron chi connectivity index (χ2n) is 0.283. The van der Waals surface area contributed by atoms with Gasteiger partial charge in [0.05, 0.1) is 0 Å². The van der Waals surface area contributed by atoms with Crippen LogP contribution in [0.15, 0.2) is 0 Å². The van der Waals surface area contributed by atoms with Gasteiger partial charge in [-0.2, -0.15) is 0 Å². The van der Waals surface area contributed by atoms with Gasteiger partial charge in [0.2, 0.25) is 0 Å². The first-order chi connectivity index (χ1) is 1.73. The standard InChI is InChI=1S/CH2O3.Eu.Gd/c2-1(3)4;;/h(H2,2,3,4);;. The van der Waals surface area contributed by atoms with E-state index in [0.717, 1.165) is 0 Å². The zero-order valence-electron chi connectivity index (χ0n) is 2.53. The van der Waals surface area contributed by atoms with E-state index in [-0.39, 0.29) is 89.3 Å². The summed E-state index contributed by atoms with van der Waals surface area (Å²) >= 11 is 0. The molecule has 6 heavy (non-hydrogen) atoms. The second kappa shape index (κ2) is 10.2. The van der Waals surface area contributed by atoms with Gasteiger partial charge in [0.25, 0.3) is 0 Å². The topological polar surface area (TPSA) is 57.5 Å². The molecular formula is CH2EuGdO3. The summed E-state index contributed by atoms with van der Waals surface area (Å²) in [6.45, 7) is 0. The third-order valence-corrected chi connectivity index (χ3v) is 0. The molecule has 0 heterocycles. The van der Waals surface area contributed by atoms with Crippen molar-refractivity contribution in [2.45, 2.75) is 0 Å². The largest absolute Gasteiger partial charge is 0.503 e. The van der Waals surface area contributed by atoms with Crippen LogP contribution in [0.1, 0.15) is 0 Å². The Bertz CT molecular complexity index is 33.8. The fraction of sp³-hybridized carbons (Fsp3) is 0. The van der Waals surface area contributed by atoms with Gasteiger partial charge in [-0.15, -0.1) is 0 Å². The fourth-order valence-corrected chi connectivity index (χ4v) is 0. The molecule has 1 radical (unpaired) electrons. The Morgan fingerprint density at radius 3 is 1.33 bits per heavy atom. The smallest absolute Gasteiger partial charge is 0.450 e. The summed E-state index contributed by atoms with van der Waals surface area (Å²) in [5, 5.41) is 13.9. The van der Waals surface area contributed by atoms with Crippen molar-refractivity contribution in [2.24, 2.45) is 0 Å². The van der Waals surface area contributed by atoms with Crippen LogP contribution in [0.3, 0.4) is 0 Å². The molecule has 0 bridgehead atoms. The minimum Gasteiger partial charge on any atom is -0.450 e. The molecule has 3 nitrogen and oxygen atoms in total. The summed E-state index contributed by atoms with van der Waals surface area (Å²) in [5.41, 5.74) is 0. The average molecular weight is 371 g/mol. The van der Waals surface area contributed by atoms with Crippen LogP contribution in [-0.2, 0) is 0 Å². The van der Waals surface area contributed by atoms with Gasteiger partial charge < -0.3 is 10.2 Å². The molecule has 0 saturated carbocycles. The molecule has 0 aromatic heterocycles. The average Bonchev–Trinajstić information content (AvgIpc) is 0.811. The van der Waals surface area contributed by atoms with E-state index in [4.69, 9.17) is 15.0 Å². The van der Waals surface area contributed by atoms with Gasteiger partial charge in [-0.05, 0) is 0 Å². The summed E-state index contributed by atoms with van der Waals surface area (Å²) in [4.78, 5) is 8.56. The molecule has 0 aliphatic carbocycles. The Kier molecular flexibility index (Phi) is 26.8. The number of carbonyl (C=O) groups is 1.